The van der Waals surface area contributed by atoms with Crippen molar-refractivity contribution in [1.82, 2.24) is 24.6 Å². The molecule has 0 spiro atoms. The third-order valence-corrected chi connectivity index (χ3v) is 5.20. The van der Waals surface area contributed by atoms with Crippen molar-refractivity contribution in [2.45, 2.75) is 39.2 Å². The van der Waals surface area contributed by atoms with Gasteiger partial charge in [0, 0.05) is 18.8 Å². The molecule has 1 fully saturated rings. The number of likely N-dealkylation sites (tertiary alicyclic amines) is 1. The van der Waals surface area contributed by atoms with Crippen LogP contribution in [0.15, 0.2) is 48.8 Å². The Balaban J connectivity index is 1.35. The molecule has 7 nitrogen and oxygen atoms in total. The summed E-state index contributed by atoms with van der Waals surface area (Å²) in [5.41, 5.74) is 3.24. The highest BCUT2D eigenvalue weighted by Crippen LogP contribution is 2.18. The number of amides is 1. The number of benzene rings is 1. The van der Waals surface area contributed by atoms with E-state index < -0.39 is 0 Å². The van der Waals surface area contributed by atoms with Gasteiger partial charge < -0.3 is 10.2 Å². The van der Waals surface area contributed by atoms with Gasteiger partial charge in [0.25, 0.3) is 0 Å². The molecular weight excluding hydrogens is 364 g/mol. The Morgan fingerprint density at radius 3 is 2.76 bits per heavy atom. The smallest absolute Gasteiger partial charge is 0.245 e. The van der Waals surface area contributed by atoms with Crippen LogP contribution in [-0.4, -0.2) is 49.7 Å². The molecule has 2 aromatic heterocycles. The number of carbonyl (C=O) groups excluding carboxylic acids is 1. The van der Waals surface area contributed by atoms with Gasteiger partial charge in [-0.2, -0.15) is 5.10 Å². The third kappa shape index (κ3) is 4.45. The molecule has 0 aliphatic carbocycles. The molecule has 1 atom stereocenters. The minimum Gasteiger partial charge on any atom is -0.357 e. The molecular formula is C22H26N6O. The minimum atomic E-state index is -0.253. The molecule has 7 heteroatoms. The summed E-state index contributed by atoms with van der Waals surface area (Å²) in [6.45, 7) is 5.48. The quantitative estimate of drug-likeness (QED) is 0.671. The highest BCUT2D eigenvalue weighted by molar-refractivity contribution is 5.86. The molecule has 1 aliphatic rings. The largest absolute Gasteiger partial charge is 0.357 e. The van der Waals surface area contributed by atoms with Crippen molar-refractivity contribution in [1.29, 1.82) is 0 Å². The van der Waals surface area contributed by atoms with Crippen LogP contribution in [0, 0.1) is 13.8 Å². The molecule has 1 aliphatic heterocycles. The second-order valence-electron chi connectivity index (χ2n) is 7.50. The fourth-order valence-electron chi connectivity index (χ4n) is 3.78. The van der Waals surface area contributed by atoms with Gasteiger partial charge in [0.05, 0.1) is 18.1 Å². The summed E-state index contributed by atoms with van der Waals surface area (Å²) in [7, 11) is 0. The predicted molar refractivity (Wildman–Crippen MR) is 112 cm³/mol. The van der Waals surface area contributed by atoms with Crippen molar-refractivity contribution in [3.63, 3.8) is 0 Å². The van der Waals surface area contributed by atoms with E-state index in [9.17, 15) is 4.79 Å². The molecule has 1 saturated heterocycles. The highest BCUT2D eigenvalue weighted by Gasteiger charge is 2.31. The fraction of sp³-hybridized carbons (Fsp3) is 0.364. The lowest BCUT2D eigenvalue weighted by Gasteiger charge is -2.17. The number of rotatable bonds is 7. The van der Waals surface area contributed by atoms with E-state index in [1.165, 1.54) is 5.56 Å². The third-order valence-electron chi connectivity index (χ3n) is 5.20. The molecule has 150 valence electrons. The van der Waals surface area contributed by atoms with Crippen molar-refractivity contribution < 1.29 is 4.79 Å². The Morgan fingerprint density at radius 2 is 2.00 bits per heavy atom. The van der Waals surface area contributed by atoms with Crippen LogP contribution in [0.5, 0.6) is 0 Å². The zero-order valence-corrected chi connectivity index (χ0v) is 16.9. The van der Waals surface area contributed by atoms with E-state index >= 15 is 0 Å². The summed E-state index contributed by atoms with van der Waals surface area (Å²) in [4.78, 5) is 23.6. The first kappa shape index (κ1) is 19.1. The van der Waals surface area contributed by atoms with Crippen molar-refractivity contribution in [2.24, 2.45) is 0 Å². The maximum Gasteiger partial charge on any atom is 0.245 e. The number of aromatic nitrogens is 4. The second-order valence-corrected chi connectivity index (χ2v) is 7.50. The van der Waals surface area contributed by atoms with E-state index in [0.29, 0.717) is 11.6 Å². The summed E-state index contributed by atoms with van der Waals surface area (Å²) >= 11 is 0. The van der Waals surface area contributed by atoms with E-state index in [2.05, 4.69) is 44.6 Å². The molecule has 1 N–H and O–H groups in total. The maximum atomic E-state index is 12.8. The van der Waals surface area contributed by atoms with Gasteiger partial charge in [-0.15, -0.1) is 0 Å². The molecule has 0 radical (unpaired) electrons. The SMILES string of the molecule is Cc1cc(C)n(-c2cncc(NC3CCN(CCCc4ccccc4)C3=O)n2)n1. The molecule has 3 aromatic rings. The van der Waals surface area contributed by atoms with E-state index in [-0.39, 0.29) is 11.9 Å². The standard InChI is InChI=1S/C22H26N6O/c1-16-13-17(2)28(26-16)21-15-23-14-20(25-21)24-19-10-12-27(22(19)29)11-6-9-18-7-4-3-5-8-18/h3-5,7-8,13-15,19H,6,9-12H2,1-2H3,(H,24,25). The number of hydrogen-bond donors (Lipinski definition) is 1. The average Bonchev–Trinajstić information content (AvgIpc) is 3.25. The van der Waals surface area contributed by atoms with E-state index in [0.717, 1.165) is 43.7 Å². The Morgan fingerprint density at radius 1 is 1.17 bits per heavy atom. The van der Waals surface area contributed by atoms with Gasteiger partial charge in [0.1, 0.15) is 11.9 Å². The Bertz CT molecular complexity index is 984. The van der Waals surface area contributed by atoms with E-state index in [1.54, 1.807) is 17.1 Å². The van der Waals surface area contributed by atoms with Gasteiger partial charge in [-0.25, -0.2) is 9.67 Å². The monoisotopic (exact) mass is 390 g/mol. The fourth-order valence-corrected chi connectivity index (χ4v) is 3.78. The van der Waals surface area contributed by atoms with Crippen LogP contribution < -0.4 is 5.32 Å². The van der Waals surface area contributed by atoms with Gasteiger partial charge in [-0.05, 0) is 44.7 Å². The summed E-state index contributed by atoms with van der Waals surface area (Å²) in [6, 6.07) is 12.1. The zero-order valence-electron chi connectivity index (χ0n) is 16.9. The highest BCUT2D eigenvalue weighted by atomic mass is 16.2. The summed E-state index contributed by atoms with van der Waals surface area (Å²) in [5, 5.41) is 7.71. The van der Waals surface area contributed by atoms with Crippen LogP contribution in [0.1, 0.15) is 29.8 Å². The lowest BCUT2D eigenvalue weighted by molar-refractivity contribution is -0.128. The molecule has 0 bridgehead atoms. The van der Waals surface area contributed by atoms with Crippen molar-refractivity contribution >= 4 is 11.7 Å². The molecule has 1 aromatic carbocycles. The van der Waals surface area contributed by atoms with Crippen molar-refractivity contribution in [2.75, 3.05) is 18.4 Å². The minimum absolute atomic E-state index is 0.136. The van der Waals surface area contributed by atoms with Gasteiger partial charge in [-0.1, -0.05) is 30.3 Å². The van der Waals surface area contributed by atoms with Gasteiger partial charge in [0.15, 0.2) is 5.82 Å². The summed E-state index contributed by atoms with van der Waals surface area (Å²) < 4.78 is 1.76. The van der Waals surface area contributed by atoms with Crippen LogP contribution in [0.4, 0.5) is 5.82 Å². The lowest BCUT2D eigenvalue weighted by Crippen LogP contribution is -2.34. The molecule has 3 heterocycles. The molecule has 4 rings (SSSR count). The molecule has 1 amide bonds. The Kier molecular flexibility index (Phi) is 5.55. The summed E-state index contributed by atoms with van der Waals surface area (Å²) in [6.07, 6.45) is 6.06. The number of anilines is 1. The van der Waals surface area contributed by atoms with E-state index in [1.807, 2.05) is 30.9 Å². The van der Waals surface area contributed by atoms with Crippen LogP contribution >= 0.6 is 0 Å². The summed E-state index contributed by atoms with van der Waals surface area (Å²) in [5.74, 6) is 1.38. The van der Waals surface area contributed by atoms with Crippen LogP contribution in [-0.2, 0) is 11.2 Å². The first-order valence-corrected chi connectivity index (χ1v) is 10.0. The van der Waals surface area contributed by atoms with E-state index in [4.69, 9.17) is 0 Å². The Hall–Kier alpha value is -3.22. The first-order valence-electron chi connectivity index (χ1n) is 10.0. The number of carbonyl (C=O) groups is 1. The zero-order chi connectivity index (χ0) is 20.2. The van der Waals surface area contributed by atoms with Crippen molar-refractivity contribution in [3.05, 3.63) is 65.7 Å². The Labute approximate surface area is 170 Å². The number of aryl methyl sites for hydroxylation is 3. The molecule has 1 unspecified atom stereocenters. The maximum absolute atomic E-state index is 12.8. The topological polar surface area (TPSA) is 75.9 Å². The van der Waals surface area contributed by atoms with Crippen LogP contribution in [0.3, 0.4) is 0 Å². The van der Waals surface area contributed by atoms with Crippen LogP contribution in [0.2, 0.25) is 0 Å². The number of nitrogens with one attached hydrogen (secondary N) is 1. The van der Waals surface area contributed by atoms with Gasteiger partial charge in [-0.3, -0.25) is 9.78 Å². The molecule has 0 saturated carbocycles. The number of hydrogen-bond acceptors (Lipinski definition) is 5. The van der Waals surface area contributed by atoms with Gasteiger partial charge in [0.2, 0.25) is 5.91 Å². The molecule has 29 heavy (non-hydrogen) atoms. The average molecular weight is 390 g/mol. The lowest BCUT2D eigenvalue weighted by atomic mass is 10.1. The second kappa shape index (κ2) is 8.43. The first-order chi connectivity index (χ1) is 14.1. The normalized spacial score (nSPS) is 16.4. The van der Waals surface area contributed by atoms with Crippen LogP contribution in [0.25, 0.3) is 5.82 Å². The predicted octanol–water partition coefficient (Wildman–Crippen LogP) is 2.92. The number of nitrogens with zero attached hydrogens (tertiary/aromatic N) is 5. The van der Waals surface area contributed by atoms with Gasteiger partial charge >= 0.3 is 0 Å². The van der Waals surface area contributed by atoms with Crippen molar-refractivity contribution in [3.8, 4) is 5.82 Å².